The Kier molecular flexibility index (Phi) is 5.53. The molecule has 2 heterocycles. The summed E-state index contributed by atoms with van der Waals surface area (Å²) >= 11 is 0. The third-order valence-electron chi connectivity index (χ3n) is 4.15. The minimum absolute atomic E-state index is 0.172. The Labute approximate surface area is 127 Å². The van der Waals surface area contributed by atoms with Crippen LogP contribution in [0.5, 0.6) is 0 Å². The summed E-state index contributed by atoms with van der Waals surface area (Å²) in [4.78, 5) is 8.60. The summed E-state index contributed by atoms with van der Waals surface area (Å²) in [6.45, 7) is 6.41. The largest absolute Gasteiger partial charge is 0.354 e. The molecule has 0 radical (unpaired) electrons. The van der Waals surface area contributed by atoms with Gasteiger partial charge >= 0.3 is 0 Å². The molecule has 118 valence electrons. The van der Waals surface area contributed by atoms with Gasteiger partial charge in [-0.2, -0.15) is 0 Å². The quantitative estimate of drug-likeness (QED) is 0.902. The predicted octanol–water partition coefficient (Wildman–Crippen LogP) is 2.25. The second kappa shape index (κ2) is 7.18. The standard InChI is InChI=1S/C16H27FN4/c1-12(2)19-11-13-5-8-18-16(15(13)17)21-9-6-14(7-10-21)20(3)4/h5,8,12,14,19H,6-7,9-11H2,1-4H3. The first kappa shape index (κ1) is 16.2. The normalized spacial score (nSPS) is 17.0. The maximum atomic E-state index is 14.6. The van der Waals surface area contributed by atoms with Gasteiger partial charge in [0.1, 0.15) is 0 Å². The average molecular weight is 294 g/mol. The highest BCUT2D eigenvalue weighted by Crippen LogP contribution is 2.24. The molecule has 0 atom stereocenters. The predicted molar refractivity (Wildman–Crippen MR) is 85.1 cm³/mol. The van der Waals surface area contributed by atoms with E-state index in [4.69, 9.17) is 0 Å². The summed E-state index contributed by atoms with van der Waals surface area (Å²) in [6.07, 6.45) is 3.83. The average Bonchev–Trinajstić information content (AvgIpc) is 2.46. The summed E-state index contributed by atoms with van der Waals surface area (Å²) < 4.78 is 14.6. The van der Waals surface area contributed by atoms with Crippen LogP contribution in [-0.4, -0.2) is 49.2 Å². The summed E-state index contributed by atoms with van der Waals surface area (Å²) in [5.41, 5.74) is 0.698. The zero-order valence-corrected chi connectivity index (χ0v) is 13.6. The number of hydrogen-bond donors (Lipinski definition) is 1. The first-order valence-electron chi connectivity index (χ1n) is 7.77. The van der Waals surface area contributed by atoms with Gasteiger partial charge in [-0.25, -0.2) is 9.37 Å². The molecular weight excluding hydrogens is 267 g/mol. The van der Waals surface area contributed by atoms with Crippen LogP contribution in [0.2, 0.25) is 0 Å². The number of rotatable bonds is 5. The van der Waals surface area contributed by atoms with Crippen molar-refractivity contribution in [1.29, 1.82) is 0 Å². The van der Waals surface area contributed by atoms with Gasteiger partial charge < -0.3 is 15.1 Å². The first-order valence-corrected chi connectivity index (χ1v) is 7.77. The van der Waals surface area contributed by atoms with E-state index in [-0.39, 0.29) is 5.82 Å². The molecule has 1 aliphatic heterocycles. The molecule has 1 saturated heterocycles. The molecule has 0 unspecified atom stereocenters. The van der Waals surface area contributed by atoms with Crippen molar-refractivity contribution in [2.45, 2.75) is 45.3 Å². The Morgan fingerprint density at radius 1 is 1.38 bits per heavy atom. The van der Waals surface area contributed by atoms with E-state index < -0.39 is 0 Å². The molecule has 5 heteroatoms. The lowest BCUT2D eigenvalue weighted by Gasteiger charge is -2.36. The highest BCUT2D eigenvalue weighted by Gasteiger charge is 2.24. The lowest BCUT2D eigenvalue weighted by molar-refractivity contribution is 0.249. The van der Waals surface area contributed by atoms with Crippen LogP contribution in [0.3, 0.4) is 0 Å². The van der Waals surface area contributed by atoms with Crippen molar-refractivity contribution < 1.29 is 4.39 Å². The number of anilines is 1. The van der Waals surface area contributed by atoms with E-state index in [1.165, 1.54) is 0 Å². The molecule has 1 N–H and O–H groups in total. The number of nitrogens with one attached hydrogen (secondary N) is 1. The Hall–Kier alpha value is -1.20. The molecule has 1 aliphatic rings. The topological polar surface area (TPSA) is 31.4 Å². The Bertz CT molecular complexity index is 454. The van der Waals surface area contributed by atoms with E-state index in [0.29, 0.717) is 30.0 Å². The fourth-order valence-electron chi connectivity index (χ4n) is 2.74. The second-order valence-electron chi connectivity index (χ2n) is 6.33. The van der Waals surface area contributed by atoms with Gasteiger partial charge in [-0.15, -0.1) is 0 Å². The van der Waals surface area contributed by atoms with Crippen molar-refractivity contribution in [3.63, 3.8) is 0 Å². The molecule has 1 aromatic rings. The Morgan fingerprint density at radius 3 is 2.62 bits per heavy atom. The smallest absolute Gasteiger partial charge is 0.170 e. The first-order chi connectivity index (χ1) is 9.99. The van der Waals surface area contributed by atoms with E-state index in [1.54, 1.807) is 12.3 Å². The molecule has 0 saturated carbocycles. The molecule has 0 bridgehead atoms. The fraction of sp³-hybridized carbons (Fsp3) is 0.688. The van der Waals surface area contributed by atoms with Crippen LogP contribution < -0.4 is 10.2 Å². The molecule has 1 fully saturated rings. The van der Waals surface area contributed by atoms with Gasteiger partial charge in [0.2, 0.25) is 0 Å². The summed E-state index contributed by atoms with van der Waals surface area (Å²) in [5.74, 6) is 0.337. The zero-order valence-electron chi connectivity index (χ0n) is 13.6. The second-order valence-corrected chi connectivity index (χ2v) is 6.33. The highest BCUT2D eigenvalue weighted by molar-refractivity contribution is 5.43. The van der Waals surface area contributed by atoms with Crippen molar-refractivity contribution in [1.82, 2.24) is 15.2 Å². The maximum absolute atomic E-state index is 14.6. The van der Waals surface area contributed by atoms with E-state index in [2.05, 4.69) is 48.0 Å². The van der Waals surface area contributed by atoms with Gasteiger partial charge in [0, 0.05) is 43.5 Å². The maximum Gasteiger partial charge on any atom is 0.170 e. The molecule has 0 aromatic carbocycles. The lowest BCUT2D eigenvalue weighted by Crippen LogP contribution is -2.42. The van der Waals surface area contributed by atoms with Crippen LogP contribution in [0.1, 0.15) is 32.3 Å². The number of nitrogens with zero attached hydrogens (tertiary/aromatic N) is 3. The summed E-state index contributed by atoms with van der Waals surface area (Å²) in [5, 5.41) is 3.26. The van der Waals surface area contributed by atoms with Crippen molar-refractivity contribution in [2.24, 2.45) is 0 Å². The minimum atomic E-state index is -0.172. The van der Waals surface area contributed by atoms with Crippen LogP contribution >= 0.6 is 0 Å². The van der Waals surface area contributed by atoms with Crippen molar-refractivity contribution in [3.8, 4) is 0 Å². The van der Waals surface area contributed by atoms with Crippen molar-refractivity contribution in [3.05, 3.63) is 23.6 Å². The van der Waals surface area contributed by atoms with Crippen molar-refractivity contribution >= 4 is 5.82 Å². The van der Waals surface area contributed by atoms with Crippen LogP contribution in [0.25, 0.3) is 0 Å². The number of piperidine rings is 1. The molecule has 1 aromatic heterocycles. The number of hydrogen-bond acceptors (Lipinski definition) is 4. The molecule has 0 amide bonds. The van der Waals surface area contributed by atoms with E-state index in [0.717, 1.165) is 25.9 Å². The van der Waals surface area contributed by atoms with Gasteiger partial charge in [-0.05, 0) is 33.0 Å². The monoisotopic (exact) mass is 294 g/mol. The zero-order chi connectivity index (χ0) is 15.4. The van der Waals surface area contributed by atoms with Crippen LogP contribution in [0, 0.1) is 5.82 Å². The number of pyridine rings is 1. The lowest BCUT2D eigenvalue weighted by atomic mass is 10.0. The Balaban J connectivity index is 2.05. The van der Waals surface area contributed by atoms with Crippen LogP contribution in [-0.2, 0) is 6.54 Å². The van der Waals surface area contributed by atoms with Crippen LogP contribution in [0.15, 0.2) is 12.3 Å². The van der Waals surface area contributed by atoms with E-state index in [9.17, 15) is 4.39 Å². The van der Waals surface area contributed by atoms with E-state index in [1.807, 2.05) is 0 Å². The summed E-state index contributed by atoms with van der Waals surface area (Å²) in [7, 11) is 4.22. The molecule has 0 spiro atoms. The number of aromatic nitrogens is 1. The Morgan fingerprint density at radius 2 is 2.05 bits per heavy atom. The molecular formula is C16H27FN4. The van der Waals surface area contributed by atoms with Gasteiger partial charge in [-0.1, -0.05) is 13.8 Å². The molecule has 2 rings (SSSR count). The third kappa shape index (κ3) is 4.14. The molecule has 0 aliphatic carbocycles. The fourth-order valence-corrected chi connectivity index (χ4v) is 2.74. The minimum Gasteiger partial charge on any atom is -0.354 e. The van der Waals surface area contributed by atoms with Gasteiger partial charge in [0.05, 0.1) is 0 Å². The van der Waals surface area contributed by atoms with Gasteiger partial charge in [0.25, 0.3) is 0 Å². The molecule has 21 heavy (non-hydrogen) atoms. The molecule has 4 nitrogen and oxygen atoms in total. The van der Waals surface area contributed by atoms with E-state index >= 15 is 0 Å². The van der Waals surface area contributed by atoms with Crippen molar-refractivity contribution in [2.75, 3.05) is 32.1 Å². The van der Waals surface area contributed by atoms with Crippen LogP contribution in [0.4, 0.5) is 10.2 Å². The SMILES string of the molecule is CC(C)NCc1ccnc(N2CCC(N(C)C)CC2)c1F. The highest BCUT2D eigenvalue weighted by atomic mass is 19.1. The van der Waals surface area contributed by atoms with Gasteiger partial charge in [0.15, 0.2) is 11.6 Å². The number of halogens is 1. The summed E-state index contributed by atoms with van der Waals surface area (Å²) in [6, 6.07) is 2.70. The third-order valence-corrected chi connectivity index (χ3v) is 4.15. The van der Waals surface area contributed by atoms with Gasteiger partial charge in [-0.3, -0.25) is 0 Å².